The van der Waals surface area contributed by atoms with E-state index in [2.05, 4.69) is 30.4 Å². The molecule has 0 spiro atoms. The Morgan fingerprint density at radius 1 is 1.11 bits per heavy atom. The number of carbonyl (C=O) groups is 1. The van der Waals surface area contributed by atoms with Crippen LogP contribution in [-0.2, 0) is 6.42 Å². The van der Waals surface area contributed by atoms with Gasteiger partial charge in [-0.1, -0.05) is 18.2 Å². The average Bonchev–Trinajstić information content (AvgIpc) is 3.15. The fraction of sp³-hybridized carbons (Fsp3) is 0.300. The summed E-state index contributed by atoms with van der Waals surface area (Å²) in [5, 5.41) is 9.97. The van der Waals surface area contributed by atoms with E-state index in [4.69, 9.17) is 0 Å². The highest BCUT2D eigenvalue weighted by Gasteiger charge is 2.21. The van der Waals surface area contributed by atoms with E-state index in [9.17, 15) is 4.79 Å². The summed E-state index contributed by atoms with van der Waals surface area (Å²) in [5.41, 5.74) is 1.88. The van der Waals surface area contributed by atoms with E-state index in [0.29, 0.717) is 19.5 Å². The van der Waals surface area contributed by atoms with Crippen LogP contribution < -0.4 is 10.2 Å². The van der Waals surface area contributed by atoms with Crippen LogP contribution in [-0.4, -0.2) is 57.3 Å². The summed E-state index contributed by atoms with van der Waals surface area (Å²) in [6.07, 6.45) is 2.45. The number of anilines is 2. The maximum absolute atomic E-state index is 12.5. The number of aromatic nitrogens is 4. The Labute approximate surface area is 163 Å². The van der Waals surface area contributed by atoms with Crippen molar-refractivity contribution in [3.8, 4) is 0 Å². The molecular formula is C20H23N7O. The fourth-order valence-electron chi connectivity index (χ4n) is 3.24. The van der Waals surface area contributed by atoms with Gasteiger partial charge in [0.1, 0.15) is 11.6 Å². The number of urea groups is 1. The molecule has 0 bridgehead atoms. The molecule has 4 rings (SSSR count). The number of pyridine rings is 1. The Kier molecular flexibility index (Phi) is 5.18. The van der Waals surface area contributed by atoms with Crippen LogP contribution in [0.4, 0.5) is 16.3 Å². The van der Waals surface area contributed by atoms with Crippen molar-refractivity contribution in [3.63, 3.8) is 0 Å². The van der Waals surface area contributed by atoms with Crippen LogP contribution in [0.2, 0.25) is 0 Å². The van der Waals surface area contributed by atoms with Crippen molar-refractivity contribution in [3.05, 3.63) is 65.9 Å². The first kappa shape index (κ1) is 18.0. The van der Waals surface area contributed by atoms with E-state index in [1.54, 1.807) is 6.20 Å². The number of aryl methyl sites for hydroxylation is 1. The molecule has 0 unspecified atom stereocenters. The summed E-state index contributed by atoms with van der Waals surface area (Å²) in [7, 11) is 0. The number of rotatable bonds is 4. The Morgan fingerprint density at radius 3 is 2.54 bits per heavy atom. The van der Waals surface area contributed by atoms with Crippen molar-refractivity contribution < 1.29 is 4.79 Å². The predicted molar refractivity (Wildman–Crippen MR) is 107 cm³/mol. The number of hydrogen-bond acceptors (Lipinski definition) is 5. The number of benzene rings is 1. The van der Waals surface area contributed by atoms with Gasteiger partial charge in [0.2, 0.25) is 0 Å². The van der Waals surface area contributed by atoms with Crippen LogP contribution in [0.3, 0.4) is 0 Å². The van der Waals surface area contributed by atoms with E-state index in [1.807, 2.05) is 54.3 Å². The molecule has 3 heterocycles. The molecule has 1 aliphatic heterocycles. The number of nitrogens with one attached hydrogen (secondary N) is 2. The van der Waals surface area contributed by atoms with Crippen molar-refractivity contribution in [2.24, 2.45) is 0 Å². The predicted octanol–water partition coefficient (Wildman–Crippen LogP) is 2.45. The smallest absolute Gasteiger partial charge is 0.321 e. The number of hydrogen-bond donors (Lipinski definition) is 2. The van der Waals surface area contributed by atoms with Gasteiger partial charge in [-0.15, -0.1) is 0 Å². The van der Waals surface area contributed by atoms with Gasteiger partial charge in [0.05, 0.1) is 0 Å². The molecule has 1 aliphatic rings. The molecule has 8 heteroatoms. The second-order valence-corrected chi connectivity index (χ2v) is 6.80. The molecule has 3 aromatic rings. The van der Waals surface area contributed by atoms with Crippen LogP contribution in [0.1, 0.15) is 17.2 Å². The molecule has 28 heavy (non-hydrogen) atoms. The topological polar surface area (TPSA) is 90.0 Å². The van der Waals surface area contributed by atoms with E-state index < -0.39 is 0 Å². The summed E-state index contributed by atoms with van der Waals surface area (Å²) in [6.45, 7) is 4.78. The number of piperazine rings is 1. The second kappa shape index (κ2) is 8.08. The molecule has 144 valence electrons. The van der Waals surface area contributed by atoms with Crippen LogP contribution >= 0.6 is 0 Å². The third kappa shape index (κ3) is 4.28. The highest BCUT2D eigenvalue weighted by atomic mass is 16.2. The third-order valence-electron chi connectivity index (χ3n) is 4.75. The van der Waals surface area contributed by atoms with Crippen LogP contribution in [0.15, 0.2) is 48.7 Å². The lowest BCUT2D eigenvalue weighted by Gasteiger charge is -2.35. The number of carbonyl (C=O) groups excluding carboxylic acids is 1. The van der Waals surface area contributed by atoms with Crippen LogP contribution in [0.5, 0.6) is 0 Å². The quantitative estimate of drug-likeness (QED) is 0.729. The summed E-state index contributed by atoms with van der Waals surface area (Å²) in [4.78, 5) is 25.3. The fourth-order valence-corrected chi connectivity index (χ4v) is 3.24. The minimum atomic E-state index is -0.0713. The SMILES string of the molecule is Cc1nc(Cc2ccc(NC(=O)N3CCN(c4ccccn4)CC3)cc2)n[nH]1. The number of aromatic amines is 1. The first-order chi connectivity index (χ1) is 13.7. The number of H-pyrrole nitrogens is 1. The molecule has 0 atom stereocenters. The van der Waals surface area contributed by atoms with Crippen LogP contribution in [0, 0.1) is 6.92 Å². The molecule has 0 saturated carbocycles. The van der Waals surface area contributed by atoms with Gasteiger partial charge in [0, 0.05) is 44.5 Å². The van der Waals surface area contributed by atoms with E-state index in [1.165, 1.54) is 0 Å². The second-order valence-electron chi connectivity index (χ2n) is 6.80. The first-order valence-electron chi connectivity index (χ1n) is 9.36. The van der Waals surface area contributed by atoms with Gasteiger partial charge in [0.15, 0.2) is 5.82 Å². The van der Waals surface area contributed by atoms with Gasteiger partial charge in [-0.2, -0.15) is 5.10 Å². The third-order valence-corrected chi connectivity index (χ3v) is 4.75. The molecule has 1 aromatic carbocycles. The molecule has 1 saturated heterocycles. The molecule has 2 N–H and O–H groups in total. The maximum atomic E-state index is 12.5. The molecule has 1 fully saturated rings. The first-order valence-corrected chi connectivity index (χ1v) is 9.36. The van der Waals surface area contributed by atoms with Crippen LogP contribution in [0.25, 0.3) is 0 Å². The van der Waals surface area contributed by atoms with Crippen molar-refractivity contribution in [2.45, 2.75) is 13.3 Å². The normalized spacial score (nSPS) is 14.2. The largest absolute Gasteiger partial charge is 0.353 e. The maximum Gasteiger partial charge on any atom is 0.321 e. The van der Waals surface area contributed by atoms with Gasteiger partial charge in [-0.3, -0.25) is 5.10 Å². The standard InChI is InChI=1S/C20H23N7O/c1-15-22-18(25-24-15)14-16-5-7-17(8-6-16)23-20(28)27-12-10-26(11-13-27)19-4-2-3-9-21-19/h2-9H,10-14H2,1H3,(H,23,28)(H,22,24,25). The minimum absolute atomic E-state index is 0.0713. The molecule has 2 amide bonds. The minimum Gasteiger partial charge on any atom is -0.353 e. The Bertz CT molecular complexity index is 915. The molecule has 2 aromatic heterocycles. The number of nitrogens with zero attached hydrogens (tertiary/aromatic N) is 5. The van der Waals surface area contributed by atoms with Gasteiger partial charge < -0.3 is 15.1 Å². The molecule has 0 radical (unpaired) electrons. The highest BCUT2D eigenvalue weighted by Crippen LogP contribution is 2.15. The highest BCUT2D eigenvalue weighted by molar-refractivity contribution is 5.89. The molecule has 8 nitrogen and oxygen atoms in total. The lowest BCUT2D eigenvalue weighted by atomic mass is 10.1. The van der Waals surface area contributed by atoms with Crippen molar-refractivity contribution in [1.29, 1.82) is 0 Å². The summed E-state index contributed by atoms with van der Waals surface area (Å²) in [5.74, 6) is 2.53. The van der Waals surface area contributed by atoms with Crippen molar-refractivity contribution >= 4 is 17.5 Å². The van der Waals surface area contributed by atoms with E-state index in [-0.39, 0.29) is 6.03 Å². The Balaban J connectivity index is 1.29. The number of amides is 2. The summed E-state index contributed by atoms with van der Waals surface area (Å²) >= 11 is 0. The lowest BCUT2D eigenvalue weighted by molar-refractivity contribution is 0.208. The van der Waals surface area contributed by atoms with Gasteiger partial charge in [-0.05, 0) is 36.8 Å². The summed E-state index contributed by atoms with van der Waals surface area (Å²) < 4.78 is 0. The zero-order valence-corrected chi connectivity index (χ0v) is 15.8. The zero-order valence-electron chi connectivity index (χ0n) is 15.8. The lowest BCUT2D eigenvalue weighted by Crippen LogP contribution is -2.50. The Morgan fingerprint density at radius 2 is 1.89 bits per heavy atom. The van der Waals surface area contributed by atoms with Crippen molar-refractivity contribution in [2.75, 3.05) is 36.4 Å². The molecular weight excluding hydrogens is 354 g/mol. The van der Waals surface area contributed by atoms with E-state index >= 15 is 0 Å². The van der Waals surface area contributed by atoms with Gasteiger partial charge >= 0.3 is 6.03 Å². The van der Waals surface area contributed by atoms with Gasteiger partial charge in [0.25, 0.3) is 0 Å². The Hall–Kier alpha value is -3.42. The zero-order chi connectivity index (χ0) is 19.3. The van der Waals surface area contributed by atoms with Crippen molar-refractivity contribution in [1.82, 2.24) is 25.1 Å². The monoisotopic (exact) mass is 377 g/mol. The average molecular weight is 377 g/mol. The van der Waals surface area contributed by atoms with Gasteiger partial charge in [-0.25, -0.2) is 14.8 Å². The molecule has 0 aliphatic carbocycles. The van der Waals surface area contributed by atoms with E-state index in [0.717, 1.165) is 41.8 Å². The summed E-state index contributed by atoms with van der Waals surface area (Å²) in [6, 6.07) is 13.6.